The van der Waals surface area contributed by atoms with Crippen molar-refractivity contribution in [2.75, 3.05) is 0 Å². The minimum atomic E-state index is -0.623. The lowest BCUT2D eigenvalue weighted by molar-refractivity contribution is 0.152. The highest BCUT2D eigenvalue weighted by Crippen LogP contribution is 2.42. The molecule has 0 radical (unpaired) electrons. The summed E-state index contributed by atoms with van der Waals surface area (Å²) < 4.78 is 28.5. The average Bonchev–Trinajstić information content (AvgIpc) is 2.72. The third kappa shape index (κ3) is 5.59. The minimum absolute atomic E-state index is 0.514. The molecule has 156 valence electrons. The molecule has 0 unspecified atom stereocenters. The van der Waals surface area contributed by atoms with Crippen molar-refractivity contribution < 1.29 is 8.78 Å². The van der Waals surface area contributed by atoms with Crippen LogP contribution in [0.5, 0.6) is 0 Å². The van der Waals surface area contributed by atoms with Gasteiger partial charge in [0.1, 0.15) is 0 Å². The fourth-order valence-electron chi connectivity index (χ4n) is 5.50. The van der Waals surface area contributed by atoms with E-state index in [-0.39, 0.29) is 0 Å². The zero-order valence-corrected chi connectivity index (χ0v) is 18.0. The van der Waals surface area contributed by atoms with E-state index in [9.17, 15) is 8.78 Å². The summed E-state index contributed by atoms with van der Waals surface area (Å²) in [4.78, 5) is 0. The second-order valence-corrected chi connectivity index (χ2v) is 9.33. The Hall–Kier alpha value is -0.890. The molecule has 0 heterocycles. The monoisotopic (exact) mass is 408 g/mol. The summed E-state index contributed by atoms with van der Waals surface area (Å²) in [5, 5.41) is 0. The van der Waals surface area contributed by atoms with Crippen LogP contribution < -0.4 is 0 Å². The van der Waals surface area contributed by atoms with Gasteiger partial charge in [-0.3, -0.25) is 0 Å². The zero-order chi connectivity index (χ0) is 19.9. The Kier molecular flexibility index (Phi) is 8.38. The number of hydrogen-bond acceptors (Lipinski definition) is 0. The van der Waals surface area contributed by atoms with Gasteiger partial charge in [-0.2, -0.15) is 0 Å². The van der Waals surface area contributed by atoms with Gasteiger partial charge >= 0.3 is 0 Å². The molecule has 0 N–H and O–H groups in total. The molecule has 0 bridgehead atoms. The van der Waals surface area contributed by atoms with Gasteiger partial charge in [0.05, 0.1) is 0 Å². The van der Waals surface area contributed by atoms with Gasteiger partial charge in [0.2, 0.25) is 0 Å². The quantitative estimate of drug-likeness (QED) is 0.426. The molecular formula is C25H35ClF2. The number of aryl methyl sites for hydroxylation is 2. The Bertz CT molecular complexity index is 638. The van der Waals surface area contributed by atoms with Crippen LogP contribution in [0.2, 0.25) is 0 Å². The summed E-state index contributed by atoms with van der Waals surface area (Å²) in [5.74, 6) is 1.89. The second kappa shape index (κ2) is 10.8. The highest BCUT2D eigenvalue weighted by molar-refractivity contribution is 6.25. The van der Waals surface area contributed by atoms with Gasteiger partial charge in [-0.25, -0.2) is 8.78 Å². The van der Waals surface area contributed by atoms with Crippen molar-refractivity contribution in [3.05, 3.63) is 46.5 Å². The molecule has 0 atom stereocenters. The van der Waals surface area contributed by atoms with Crippen LogP contribution in [0.3, 0.4) is 0 Å². The average molecular weight is 409 g/mol. The molecule has 2 fully saturated rings. The van der Waals surface area contributed by atoms with Crippen LogP contribution in [0.25, 0.3) is 0 Å². The number of allylic oxidation sites excluding steroid dienone is 1. The molecule has 1 aromatic carbocycles. The maximum atomic E-state index is 14.3. The Morgan fingerprint density at radius 2 is 1.39 bits per heavy atom. The van der Waals surface area contributed by atoms with Crippen LogP contribution in [-0.2, 0) is 12.8 Å². The van der Waals surface area contributed by atoms with Crippen LogP contribution in [0.1, 0.15) is 82.3 Å². The van der Waals surface area contributed by atoms with Crippen molar-refractivity contribution in [3.8, 4) is 0 Å². The third-order valence-corrected chi connectivity index (χ3v) is 7.45. The molecule has 0 spiro atoms. The van der Waals surface area contributed by atoms with Gasteiger partial charge in [0, 0.05) is 5.54 Å². The van der Waals surface area contributed by atoms with Gasteiger partial charge in [-0.15, -0.1) is 0 Å². The molecule has 0 aromatic heterocycles. The highest BCUT2D eigenvalue weighted by Gasteiger charge is 2.30. The first-order chi connectivity index (χ1) is 13.6. The van der Waals surface area contributed by atoms with Crippen molar-refractivity contribution in [1.82, 2.24) is 0 Å². The summed E-state index contributed by atoms with van der Waals surface area (Å²) >= 11 is 5.73. The highest BCUT2D eigenvalue weighted by atomic mass is 35.5. The Balaban J connectivity index is 1.43. The third-order valence-electron chi connectivity index (χ3n) is 7.30. The lowest BCUT2D eigenvalue weighted by Gasteiger charge is -2.37. The van der Waals surface area contributed by atoms with E-state index in [0.717, 1.165) is 24.7 Å². The van der Waals surface area contributed by atoms with Gasteiger partial charge in [-0.1, -0.05) is 56.0 Å². The molecule has 28 heavy (non-hydrogen) atoms. The molecule has 2 aliphatic carbocycles. The van der Waals surface area contributed by atoms with Gasteiger partial charge in [-0.05, 0) is 92.6 Å². The Labute approximate surface area is 174 Å². The van der Waals surface area contributed by atoms with Crippen LogP contribution in [0.15, 0.2) is 23.7 Å². The molecule has 3 rings (SSSR count). The molecule has 0 saturated heterocycles. The predicted molar refractivity (Wildman–Crippen MR) is 115 cm³/mol. The second-order valence-electron chi connectivity index (χ2n) is 9.07. The zero-order valence-electron chi connectivity index (χ0n) is 17.2. The lowest BCUT2D eigenvalue weighted by Crippen LogP contribution is -2.25. The molecule has 2 saturated carbocycles. The van der Waals surface area contributed by atoms with Gasteiger partial charge in [0.15, 0.2) is 11.6 Å². The number of benzene rings is 1. The van der Waals surface area contributed by atoms with Crippen molar-refractivity contribution in [3.63, 3.8) is 0 Å². The molecule has 2 aliphatic rings. The number of halogens is 3. The van der Waals surface area contributed by atoms with Crippen LogP contribution in [0.4, 0.5) is 8.78 Å². The summed E-state index contributed by atoms with van der Waals surface area (Å²) in [5.41, 5.74) is 2.76. The van der Waals surface area contributed by atoms with Crippen LogP contribution in [0, 0.1) is 35.3 Å². The van der Waals surface area contributed by atoms with Crippen molar-refractivity contribution in [2.24, 2.45) is 23.7 Å². The SMILES string of the molecule is CCCc1ccc(CCC2CCC(C3CCC(C=CCl)CC3)CC2)c(F)c1F. The smallest absolute Gasteiger partial charge is 0.162 e. The fraction of sp³-hybridized carbons (Fsp3) is 0.680. The van der Waals surface area contributed by atoms with Gasteiger partial charge < -0.3 is 0 Å². The molecular weight excluding hydrogens is 374 g/mol. The van der Waals surface area contributed by atoms with Gasteiger partial charge in [0.25, 0.3) is 0 Å². The van der Waals surface area contributed by atoms with E-state index in [0.29, 0.717) is 35.8 Å². The molecule has 3 heteroatoms. The first kappa shape index (κ1) is 21.8. The van der Waals surface area contributed by atoms with E-state index in [2.05, 4.69) is 6.08 Å². The topological polar surface area (TPSA) is 0 Å². The molecule has 0 aliphatic heterocycles. The first-order valence-corrected chi connectivity index (χ1v) is 11.8. The van der Waals surface area contributed by atoms with E-state index in [1.807, 2.05) is 13.0 Å². The molecule has 0 amide bonds. The van der Waals surface area contributed by atoms with Crippen LogP contribution >= 0.6 is 11.6 Å². The predicted octanol–water partition coefficient (Wildman–Crippen LogP) is 8.22. The summed E-state index contributed by atoms with van der Waals surface area (Å²) in [6, 6.07) is 3.59. The first-order valence-electron chi connectivity index (χ1n) is 11.3. The lowest BCUT2D eigenvalue weighted by atomic mass is 9.68. The van der Waals surface area contributed by atoms with Crippen molar-refractivity contribution >= 4 is 11.6 Å². The Morgan fingerprint density at radius 1 is 0.857 bits per heavy atom. The number of hydrogen-bond donors (Lipinski definition) is 0. The summed E-state index contributed by atoms with van der Waals surface area (Å²) in [7, 11) is 0. The standard InChI is InChI=1S/C25H35ClF2/c1-2-3-22-14-15-23(25(28)24(22)27)13-8-18-4-9-20(10-5-18)21-11-6-19(7-12-21)16-17-26/h14-21H,2-13H2,1H3. The van der Waals surface area contributed by atoms with Crippen molar-refractivity contribution in [2.45, 2.75) is 84.0 Å². The molecule has 1 aromatic rings. The summed E-state index contributed by atoms with van der Waals surface area (Å²) in [6.07, 6.45) is 15.7. The van der Waals surface area contributed by atoms with E-state index in [1.54, 1.807) is 11.6 Å². The normalized spacial score (nSPS) is 28.7. The fourth-order valence-corrected chi connectivity index (χ4v) is 5.71. The van der Waals surface area contributed by atoms with E-state index < -0.39 is 11.6 Å². The maximum absolute atomic E-state index is 14.3. The molecule has 0 nitrogen and oxygen atoms in total. The van der Waals surface area contributed by atoms with Crippen molar-refractivity contribution in [1.29, 1.82) is 0 Å². The Morgan fingerprint density at radius 3 is 1.93 bits per heavy atom. The minimum Gasteiger partial charge on any atom is -0.203 e. The van der Waals surface area contributed by atoms with Crippen LogP contribution in [-0.4, -0.2) is 0 Å². The van der Waals surface area contributed by atoms with E-state index >= 15 is 0 Å². The largest absolute Gasteiger partial charge is 0.203 e. The summed E-state index contributed by atoms with van der Waals surface area (Å²) in [6.45, 7) is 1.99. The van der Waals surface area contributed by atoms with E-state index in [4.69, 9.17) is 11.6 Å². The van der Waals surface area contributed by atoms with E-state index in [1.165, 1.54) is 51.4 Å². The maximum Gasteiger partial charge on any atom is 0.162 e. The number of rotatable bonds is 7.